The minimum absolute atomic E-state index is 0.0299. The van der Waals surface area contributed by atoms with Gasteiger partial charge in [0, 0.05) is 17.4 Å². The molecule has 1 aliphatic rings. The zero-order valence-electron chi connectivity index (χ0n) is 11.2. The number of ether oxygens (including phenoxy) is 2. The lowest BCUT2D eigenvalue weighted by molar-refractivity contribution is -0.0646. The van der Waals surface area contributed by atoms with Crippen molar-refractivity contribution in [1.29, 1.82) is 5.26 Å². The van der Waals surface area contributed by atoms with Crippen LogP contribution in [0.4, 0.5) is 0 Å². The van der Waals surface area contributed by atoms with Gasteiger partial charge >= 0.3 is 0 Å². The van der Waals surface area contributed by atoms with Crippen LogP contribution in [0.3, 0.4) is 0 Å². The second-order valence-corrected chi connectivity index (χ2v) is 5.09. The Morgan fingerprint density at radius 2 is 2.11 bits per heavy atom. The van der Waals surface area contributed by atoms with Crippen molar-refractivity contribution in [2.24, 2.45) is 0 Å². The molecule has 18 heavy (non-hydrogen) atoms. The van der Waals surface area contributed by atoms with Gasteiger partial charge < -0.3 is 9.47 Å². The van der Waals surface area contributed by atoms with Gasteiger partial charge in [-0.1, -0.05) is 17.7 Å². The van der Waals surface area contributed by atoms with E-state index in [1.807, 2.05) is 0 Å². The summed E-state index contributed by atoms with van der Waals surface area (Å²) in [6.45, 7) is 5.53. The highest BCUT2D eigenvalue weighted by molar-refractivity contribution is 5.49. The molecule has 1 aromatic rings. The molecule has 1 saturated heterocycles. The van der Waals surface area contributed by atoms with Crippen LogP contribution in [0, 0.1) is 25.2 Å². The minimum atomic E-state index is -0.0299. The van der Waals surface area contributed by atoms with E-state index >= 15 is 0 Å². The van der Waals surface area contributed by atoms with Crippen LogP contribution in [0.15, 0.2) is 12.1 Å². The number of aryl methyl sites for hydroxylation is 2. The van der Waals surface area contributed by atoms with Gasteiger partial charge in [-0.05, 0) is 25.8 Å². The van der Waals surface area contributed by atoms with E-state index in [1.165, 1.54) is 11.1 Å². The quantitative estimate of drug-likeness (QED) is 0.819. The number of rotatable bonds is 4. The summed E-state index contributed by atoms with van der Waals surface area (Å²) in [7, 11) is 1.71. The molecule has 0 aliphatic carbocycles. The number of nitrogens with zero attached hydrogens (tertiary/aromatic N) is 1. The molecule has 0 bridgehead atoms. The average molecular weight is 245 g/mol. The van der Waals surface area contributed by atoms with Crippen molar-refractivity contribution < 1.29 is 9.47 Å². The maximum absolute atomic E-state index is 8.81. The maximum atomic E-state index is 8.81. The van der Waals surface area contributed by atoms with Crippen molar-refractivity contribution in [3.8, 4) is 11.8 Å². The van der Waals surface area contributed by atoms with Gasteiger partial charge in [-0.25, -0.2) is 0 Å². The van der Waals surface area contributed by atoms with Crippen molar-refractivity contribution in [2.75, 3.05) is 20.3 Å². The molecular formula is C15H19NO2. The summed E-state index contributed by atoms with van der Waals surface area (Å²) in [5, 5.41) is 8.81. The molecule has 1 heterocycles. The highest BCUT2D eigenvalue weighted by atomic mass is 16.5. The first kappa shape index (κ1) is 12.9. The van der Waals surface area contributed by atoms with E-state index in [0.717, 1.165) is 17.7 Å². The van der Waals surface area contributed by atoms with E-state index < -0.39 is 0 Å². The predicted octanol–water partition coefficient (Wildman–Crippen LogP) is 2.88. The monoisotopic (exact) mass is 245 g/mol. The molecular weight excluding hydrogens is 226 g/mol. The maximum Gasteiger partial charge on any atom is 0.125 e. The molecule has 3 nitrogen and oxygen atoms in total. The summed E-state index contributed by atoms with van der Waals surface area (Å²) in [4.78, 5) is 0. The standard InChI is InChI=1S/C15H19NO2/c1-11-7-12(2)14(17-3)13(8-11)15(5-4-6-16)9-18-10-15/h7-8H,4-5,9-10H2,1-3H3. The molecule has 0 amide bonds. The van der Waals surface area contributed by atoms with Gasteiger partial charge in [-0.15, -0.1) is 0 Å². The largest absolute Gasteiger partial charge is 0.496 e. The number of hydrogen-bond acceptors (Lipinski definition) is 3. The van der Waals surface area contributed by atoms with Crippen LogP contribution in [0.25, 0.3) is 0 Å². The molecule has 1 aliphatic heterocycles. The molecule has 3 heteroatoms. The fraction of sp³-hybridized carbons (Fsp3) is 0.533. The van der Waals surface area contributed by atoms with E-state index in [4.69, 9.17) is 14.7 Å². The third kappa shape index (κ3) is 2.09. The third-order valence-corrected chi connectivity index (χ3v) is 3.67. The first-order chi connectivity index (χ1) is 8.63. The van der Waals surface area contributed by atoms with E-state index in [9.17, 15) is 0 Å². The Morgan fingerprint density at radius 3 is 2.61 bits per heavy atom. The number of hydrogen-bond donors (Lipinski definition) is 0. The molecule has 0 atom stereocenters. The second kappa shape index (κ2) is 4.99. The minimum Gasteiger partial charge on any atom is -0.496 e. The molecule has 0 aromatic heterocycles. The Labute approximate surface area is 108 Å². The van der Waals surface area contributed by atoms with Gasteiger partial charge in [-0.3, -0.25) is 0 Å². The summed E-state index contributed by atoms with van der Waals surface area (Å²) in [5.74, 6) is 0.946. The highest BCUT2D eigenvalue weighted by Gasteiger charge is 2.42. The van der Waals surface area contributed by atoms with Crippen molar-refractivity contribution >= 4 is 0 Å². The van der Waals surface area contributed by atoms with Crippen molar-refractivity contribution in [1.82, 2.24) is 0 Å². The van der Waals surface area contributed by atoms with Crippen LogP contribution in [0.5, 0.6) is 5.75 Å². The number of benzene rings is 1. The SMILES string of the molecule is COc1c(C)cc(C)cc1C1(CCC#N)COC1. The van der Waals surface area contributed by atoms with Crippen LogP contribution in [0.2, 0.25) is 0 Å². The Kier molecular flexibility index (Phi) is 3.58. The summed E-state index contributed by atoms with van der Waals surface area (Å²) >= 11 is 0. The normalized spacial score (nSPS) is 16.8. The Bertz CT molecular complexity index is 484. The zero-order chi connectivity index (χ0) is 13.2. The molecule has 1 fully saturated rings. The fourth-order valence-electron chi connectivity index (χ4n) is 2.70. The molecule has 0 unspecified atom stereocenters. The van der Waals surface area contributed by atoms with Crippen molar-refractivity contribution in [2.45, 2.75) is 32.1 Å². The molecule has 2 rings (SSSR count). The average Bonchev–Trinajstić information content (AvgIpc) is 2.27. The van der Waals surface area contributed by atoms with E-state index in [0.29, 0.717) is 19.6 Å². The van der Waals surface area contributed by atoms with Gasteiger partial charge in [0.05, 0.1) is 26.4 Å². The highest BCUT2D eigenvalue weighted by Crippen LogP contribution is 2.43. The van der Waals surface area contributed by atoms with Gasteiger partial charge in [0.2, 0.25) is 0 Å². The summed E-state index contributed by atoms with van der Waals surface area (Å²) in [6, 6.07) is 6.53. The Balaban J connectivity index is 2.45. The van der Waals surface area contributed by atoms with Gasteiger partial charge in [0.1, 0.15) is 5.75 Å². The zero-order valence-corrected chi connectivity index (χ0v) is 11.2. The van der Waals surface area contributed by atoms with Crippen LogP contribution < -0.4 is 4.74 Å². The van der Waals surface area contributed by atoms with Crippen LogP contribution >= 0.6 is 0 Å². The summed E-state index contributed by atoms with van der Waals surface area (Å²) in [6.07, 6.45) is 1.39. The Hall–Kier alpha value is -1.53. The lowest BCUT2D eigenvalue weighted by Crippen LogP contribution is -2.47. The first-order valence-electron chi connectivity index (χ1n) is 6.23. The number of nitriles is 1. The van der Waals surface area contributed by atoms with Gasteiger partial charge in [0.15, 0.2) is 0 Å². The van der Waals surface area contributed by atoms with E-state index in [-0.39, 0.29) is 5.41 Å². The molecule has 0 radical (unpaired) electrons. The Morgan fingerprint density at radius 1 is 1.39 bits per heavy atom. The van der Waals surface area contributed by atoms with Crippen molar-refractivity contribution in [3.05, 3.63) is 28.8 Å². The second-order valence-electron chi connectivity index (χ2n) is 5.09. The number of methoxy groups -OCH3 is 1. The predicted molar refractivity (Wildman–Crippen MR) is 69.8 cm³/mol. The topological polar surface area (TPSA) is 42.2 Å². The van der Waals surface area contributed by atoms with Crippen LogP contribution in [-0.4, -0.2) is 20.3 Å². The summed E-state index contributed by atoms with van der Waals surface area (Å²) < 4.78 is 11.0. The lowest BCUT2D eigenvalue weighted by Gasteiger charge is -2.42. The lowest BCUT2D eigenvalue weighted by atomic mass is 9.73. The fourth-order valence-corrected chi connectivity index (χ4v) is 2.70. The first-order valence-corrected chi connectivity index (χ1v) is 6.23. The molecule has 0 saturated carbocycles. The third-order valence-electron chi connectivity index (χ3n) is 3.67. The van der Waals surface area contributed by atoms with Crippen LogP contribution in [-0.2, 0) is 10.2 Å². The molecule has 0 spiro atoms. The molecule has 96 valence electrons. The van der Waals surface area contributed by atoms with Gasteiger partial charge in [0.25, 0.3) is 0 Å². The van der Waals surface area contributed by atoms with E-state index in [1.54, 1.807) is 7.11 Å². The van der Waals surface area contributed by atoms with E-state index in [2.05, 4.69) is 32.0 Å². The molecule has 1 aromatic carbocycles. The van der Waals surface area contributed by atoms with Gasteiger partial charge in [-0.2, -0.15) is 5.26 Å². The summed E-state index contributed by atoms with van der Waals surface area (Å²) in [5.41, 5.74) is 3.55. The van der Waals surface area contributed by atoms with Crippen molar-refractivity contribution in [3.63, 3.8) is 0 Å². The molecule has 0 N–H and O–H groups in total. The smallest absolute Gasteiger partial charge is 0.125 e. The van der Waals surface area contributed by atoms with Crippen LogP contribution in [0.1, 0.15) is 29.5 Å².